The Labute approximate surface area is 149 Å². The predicted molar refractivity (Wildman–Crippen MR) is 92.6 cm³/mol. The van der Waals surface area contributed by atoms with Gasteiger partial charge in [-0.3, -0.25) is 9.36 Å². The first-order chi connectivity index (χ1) is 12.2. The lowest BCUT2D eigenvalue weighted by atomic mass is 10.2. The normalized spacial score (nSPS) is 10.6. The van der Waals surface area contributed by atoms with E-state index in [9.17, 15) is 4.79 Å². The van der Waals surface area contributed by atoms with Gasteiger partial charge in [-0.25, -0.2) is 0 Å². The van der Waals surface area contributed by atoms with Crippen LogP contribution in [0.4, 0.5) is 0 Å². The Kier molecular flexibility index (Phi) is 5.39. The largest absolute Gasteiger partial charge is 0.497 e. The van der Waals surface area contributed by atoms with Crippen LogP contribution >= 0.6 is 11.8 Å². The fourth-order valence-corrected chi connectivity index (χ4v) is 3.00. The highest BCUT2D eigenvalue weighted by atomic mass is 32.2. The number of methoxy groups -OCH3 is 2. The Balaban J connectivity index is 1.92. The van der Waals surface area contributed by atoms with Crippen LogP contribution in [0.2, 0.25) is 0 Å². The van der Waals surface area contributed by atoms with Gasteiger partial charge in [0.15, 0.2) is 11.0 Å². The highest BCUT2D eigenvalue weighted by Gasteiger charge is 2.17. The minimum Gasteiger partial charge on any atom is -0.497 e. The molecule has 1 aromatic carbocycles. The lowest BCUT2D eigenvalue weighted by molar-refractivity contribution is -0.137. The summed E-state index contributed by atoms with van der Waals surface area (Å²) in [6, 6.07) is 11.3. The third kappa shape index (κ3) is 4.03. The molecular formula is C17H17N3O4S. The van der Waals surface area contributed by atoms with E-state index < -0.39 is 0 Å². The van der Waals surface area contributed by atoms with E-state index in [0.717, 1.165) is 17.1 Å². The summed E-state index contributed by atoms with van der Waals surface area (Å²) in [5.74, 6) is 2.07. The predicted octanol–water partition coefficient (Wildman–Crippen LogP) is 2.86. The molecule has 3 aromatic rings. The highest BCUT2D eigenvalue weighted by molar-refractivity contribution is 7.99. The first kappa shape index (κ1) is 17.1. The van der Waals surface area contributed by atoms with Crippen molar-refractivity contribution < 1.29 is 18.7 Å². The molecule has 0 fully saturated rings. The molecule has 0 saturated carbocycles. The number of rotatable bonds is 7. The van der Waals surface area contributed by atoms with Crippen LogP contribution in [0.25, 0.3) is 11.4 Å². The van der Waals surface area contributed by atoms with Crippen molar-refractivity contribution in [3.05, 3.63) is 48.4 Å². The van der Waals surface area contributed by atoms with Crippen LogP contribution in [0.5, 0.6) is 5.75 Å². The summed E-state index contributed by atoms with van der Waals surface area (Å²) in [7, 11) is 2.98. The van der Waals surface area contributed by atoms with Gasteiger partial charge in [-0.15, -0.1) is 10.2 Å². The Hall–Kier alpha value is -2.74. The number of hydrogen-bond acceptors (Lipinski definition) is 7. The van der Waals surface area contributed by atoms with Crippen LogP contribution in [0.15, 0.2) is 52.2 Å². The Morgan fingerprint density at radius 1 is 1.20 bits per heavy atom. The molecule has 130 valence electrons. The number of aromatic nitrogens is 3. The van der Waals surface area contributed by atoms with E-state index in [1.165, 1.54) is 18.9 Å². The molecule has 25 heavy (non-hydrogen) atoms. The molecular weight excluding hydrogens is 342 g/mol. The van der Waals surface area contributed by atoms with E-state index in [0.29, 0.717) is 17.5 Å². The van der Waals surface area contributed by atoms with Gasteiger partial charge in [0.05, 0.1) is 32.8 Å². The molecule has 2 aromatic heterocycles. The molecule has 0 unspecified atom stereocenters. The Bertz CT molecular complexity index is 828. The van der Waals surface area contributed by atoms with Crippen molar-refractivity contribution in [3.8, 4) is 17.1 Å². The summed E-state index contributed by atoms with van der Waals surface area (Å²) < 4.78 is 17.2. The van der Waals surface area contributed by atoms with E-state index in [1.807, 2.05) is 41.0 Å². The second kappa shape index (κ2) is 7.89. The molecule has 0 spiro atoms. The van der Waals surface area contributed by atoms with Crippen LogP contribution in [0.1, 0.15) is 5.76 Å². The first-order valence-corrected chi connectivity index (χ1v) is 8.49. The molecule has 0 aliphatic heterocycles. The summed E-state index contributed by atoms with van der Waals surface area (Å²) in [4.78, 5) is 11.4. The number of benzene rings is 1. The van der Waals surface area contributed by atoms with E-state index in [1.54, 1.807) is 13.4 Å². The SMILES string of the molecule is COC(=O)CSc1nnc(-c2ccc(OC)cc2)n1Cc1ccco1. The monoisotopic (exact) mass is 359 g/mol. The smallest absolute Gasteiger partial charge is 0.316 e. The zero-order valence-corrected chi connectivity index (χ0v) is 14.7. The standard InChI is InChI=1S/C17H17N3O4S/c1-22-13-7-5-12(6-8-13)16-18-19-17(25-11-15(21)23-2)20(16)10-14-4-3-9-24-14/h3-9H,10-11H2,1-2H3. The second-order valence-electron chi connectivity index (χ2n) is 5.06. The van der Waals surface area contributed by atoms with Gasteiger partial charge in [0.25, 0.3) is 0 Å². The van der Waals surface area contributed by atoms with E-state index in [2.05, 4.69) is 14.9 Å². The Morgan fingerprint density at radius 3 is 2.64 bits per heavy atom. The fraction of sp³-hybridized carbons (Fsp3) is 0.235. The number of ether oxygens (including phenoxy) is 2. The summed E-state index contributed by atoms with van der Waals surface area (Å²) in [6.07, 6.45) is 1.62. The van der Waals surface area contributed by atoms with Crippen LogP contribution in [-0.4, -0.2) is 40.7 Å². The average molecular weight is 359 g/mol. The van der Waals surface area contributed by atoms with Crippen molar-refractivity contribution in [2.24, 2.45) is 0 Å². The number of furan rings is 1. The number of hydrogen-bond donors (Lipinski definition) is 0. The lowest BCUT2D eigenvalue weighted by Gasteiger charge is -2.09. The molecule has 0 N–H and O–H groups in total. The van der Waals surface area contributed by atoms with Gasteiger partial charge >= 0.3 is 5.97 Å². The minimum absolute atomic E-state index is 0.162. The van der Waals surface area contributed by atoms with Crippen LogP contribution in [0, 0.1) is 0 Å². The van der Waals surface area contributed by atoms with Gasteiger partial charge in [0.2, 0.25) is 0 Å². The van der Waals surface area contributed by atoms with E-state index >= 15 is 0 Å². The van der Waals surface area contributed by atoms with Crippen molar-refractivity contribution >= 4 is 17.7 Å². The van der Waals surface area contributed by atoms with Gasteiger partial charge in [0.1, 0.15) is 11.5 Å². The molecule has 0 amide bonds. The van der Waals surface area contributed by atoms with Crippen molar-refractivity contribution in [1.29, 1.82) is 0 Å². The molecule has 0 bridgehead atoms. The highest BCUT2D eigenvalue weighted by Crippen LogP contribution is 2.26. The molecule has 0 saturated heterocycles. The molecule has 0 aliphatic carbocycles. The summed E-state index contributed by atoms with van der Waals surface area (Å²) in [6.45, 7) is 0.463. The fourth-order valence-electron chi connectivity index (χ4n) is 2.23. The zero-order chi connectivity index (χ0) is 17.6. The number of nitrogens with zero attached hydrogens (tertiary/aromatic N) is 3. The third-order valence-electron chi connectivity index (χ3n) is 3.51. The summed E-state index contributed by atoms with van der Waals surface area (Å²) in [5, 5.41) is 9.12. The number of carbonyl (C=O) groups is 1. The maximum Gasteiger partial charge on any atom is 0.316 e. The lowest BCUT2D eigenvalue weighted by Crippen LogP contribution is -2.07. The van der Waals surface area contributed by atoms with E-state index in [-0.39, 0.29) is 11.7 Å². The minimum atomic E-state index is -0.316. The number of thioether (sulfide) groups is 1. The third-order valence-corrected chi connectivity index (χ3v) is 4.45. The van der Waals surface area contributed by atoms with Gasteiger partial charge < -0.3 is 13.9 Å². The van der Waals surface area contributed by atoms with Gasteiger partial charge in [0, 0.05) is 5.56 Å². The van der Waals surface area contributed by atoms with Crippen molar-refractivity contribution in [2.45, 2.75) is 11.7 Å². The molecule has 0 aliphatic rings. The maximum atomic E-state index is 11.4. The topological polar surface area (TPSA) is 79.4 Å². The maximum absolute atomic E-state index is 11.4. The Morgan fingerprint density at radius 2 is 2.00 bits per heavy atom. The van der Waals surface area contributed by atoms with Gasteiger partial charge in [-0.05, 0) is 36.4 Å². The molecule has 0 atom stereocenters. The quantitative estimate of drug-likeness (QED) is 0.474. The van der Waals surface area contributed by atoms with Crippen LogP contribution in [-0.2, 0) is 16.1 Å². The van der Waals surface area contributed by atoms with E-state index in [4.69, 9.17) is 9.15 Å². The summed E-state index contributed by atoms with van der Waals surface area (Å²) >= 11 is 1.27. The number of esters is 1. The van der Waals surface area contributed by atoms with Crippen LogP contribution < -0.4 is 4.74 Å². The van der Waals surface area contributed by atoms with Gasteiger partial charge in [-0.1, -0.05) is 11.8 Å². The summed E-state index contributed by atoms with van der Waals surface area (Å²) in [5.41, 5.74) is 0.893. The van der Waals surface area contributed by atoms with Crippen molar-refractivity contribution in [1.82, 2.24) is 14.8 Å². The van der Waals surface area contributed by atoms with Crippen molar-refractivity contribution in [2.75, 3.05) is 20.0 Å². The molecule has 3 rings (SSSR count). The van der Waals surface area contributed by atoms with Crippen molar-refractivity contribution in [3.63, 3.8) is 0 Å². The molecule has 2 heterocycles. The molecule has 0 radical (unpaired) electrons. The molecule has 8 heteroatoms. The zero-order valence-electron chi connectivity index (χ0n) is 13.8. The number of carbonyl (C=O) groups excluding carboxylic acids is 1. The van der Waals surface area contributed by atoms with Crippen LogP contribution in [0.3, 0.4) is 0 Å². The first-order valence-electron chi connectivity index (χ1n) is 7.51. The average Bonchev–Trinajstić information content (AvgIpc) is 3.30. The molecule has 7 nitrogen and oxygen atoms in total. The van der Waals surface area contributed by atoms with Gasteiger partial charge in [-0.2, -0.15) is 0 Å². The second-order valence-corrected chi connectivity index (χ2v) is 6.01.